The summed E-state index contributed by atoms with van der Waals surface area (Å²) in [6, 6.07) is 4.98. The Bertz CT molecular complexity index is 468. The lowest BCUT2D eigenvalue weighted by Crippen LogP contribution is -2.11. The van der Waals surface area contributed by atoms with Gasteiger partial charge in [-0.3, -0.25) is 4.79 Å². The SMILES string of the molecule is CC(=O)OCCC1=CCNc2c(F)cccc21. The Morgan fingerprint density at radius 2 is 2.35 bits per heavy atom. The topological polar surface area (TPSA) is 38.3 Å². The number of carbonyl (C=O) groups excluding carboxylic acids is 1. The second-order valence-electron chi connectivity index (χ2n) is 3.86. The fraction of sp³-hybridized carbons (Fsp3) is 0.308. The first-order valence-electron chi connectivity index (χ1n) is 5.53. The molecule has 0 bridgehead atoms. The lowest BCUT2D eigenvalue weighted by atomic mass is 9.98. The molecule has 1 aliphatic rings. The molecule has 4 heteroatoms. The molecule has 90 valence electrons. The molecule has 1 aromatic rings. The van der Waals surface area contributed by atoms with Crippen LogP contribution in [0.1, 0.15) is 18.9 Å². The predicted octanol–water partition coefficient (Wildman–Crippen LogP) is 2.59. The van der Waals surface area contributed by atoms with E-state index in [4.69, 9.17) is 4.74 Å². The van der Waals surface area contributed by atoms with Crippen molar-refractivity contribution in [2.45, 2.75) is 13.3 Å². The van der Waals surface area contributed by atoms with E-state index >= 15 is 0 Å². The number of fused-ring (bicyclic) bond motifs is 1. The summed E-state index contributed by atoms with van der Waals surface area (Å²) in [5.74, 6) is -0.542. The molecule has 0 radical (unpaired) electrons. The molecule has 0 saturated carbocycles. The summed E-state index contributed by atoms with van der Waals surface area (Å²) in [7, 11) is 0. The second-order valence-corrected chi connectivity index (χ2v) is 3.86. The molecular weight excluding hydrogens is 221 g/mol. The number of hydrogen-bond acceptors (Lipinski definition) is 3. The van der Waals surface area contributed by atoms with Crippen molar-refractivity contribution in [3.63, 3.8) is 0 Å². The molecule has 1 N–H and O–H groups in total. The van der Waals surface area contributed by atoms with Gasteiger partial charge in [0.1, 0.15) is 5.82 Å². The molecule has 0 spiro atoms. The summed E-state index contributed by atoms with van der Waals surface area (Å²) < 4.78 is 18.4. The number of ether oxygens (including phenoxy) is 1. The molecule has 0 atom stereocenters. The third-order valence-electron chi connectivity index (χ3n) is 2.66. The number of nitrogens with one attached hydrogen (secondary N) is 1. The number of hydrogen-bond donors (Lipinski definition) is 1. The van der Waals surface area contributed by atoms with Gasteiger partial charge in [-0.15, -0.1) is 0 Å². The van der Waals surface area contributed by atoms with Gasteiger partial charge in [0.15, 0.2) is 0 Å². The standard InChI is InChI=1S/C13H14FNO2/c1-9(16)17-8-6-10-5-7-15-13-11(10)3-2-4-12(13)14/h2-5,15H,6-8H2,1H3. The third kappa shape index (κ3) is 2.64. The summed E-state index contributed by atoms with van der Waals surface area (Å²) in [6.45, 7) is 2.31. The Morgan fingerprint density at radius 3 is 3.12 bits per heavy atom. The van der Waals surface area contributed by atoms with Crippen LogP contribution in [-0.4, -0.2) is 19.1 Å². The van der Waals surface area contributed by atoms with E-state index in [0.29, 0.717) is 25.3 Å². The zero-order valence-corrected chi connectivity index (χ0v) is 9.63. The molecule has 0 aromatic heterocycles. The first-order chi connectivity index (χ1) is 8.18. The van der Waals surface area contributed by atoms with Gasteiger partial charge in [-0.2, -0.15) is 0 Å². The van der Waals surface area contributed by atoms with Crippen LogP contribution < -0.4 is 5.32 Å². The average molecular weight is 235 g/mol. The highest BCUT2D eigenvalue weighted by atomic mass is 19.1. The van der Waals surface area contributed by atoms with Crippen molar-refractivity contribution in [3.8, 4) is 0 Å². The van der Waals surface area contributed by atoms with Crippen LogP contribution in [0.15, 0.2) is 24.3 Å². The van der Waals surface area contributed by atoms with E-state index in [2.05, 4.69) is 5.32 Å². The van der Waals surface area contributed by atoms with Crippen molar-refractivity contribution < 1.29 is 13.9 Å². The smallest absolute Gasteiger partial charge is 0.302 e. The normalized spacial score (nSPS) is 13.4. The number of esters is 1. The highest BCUT2D eigenvalue weighted by Crippen LogP contribution is 2.31. The predicted molar refractivity (Wildman–Crippen MR) is 64.1 cm³/mol. The third-order valence-corrected chi connectivity index (χ3v) is 2.66. The van der Waals surface area contributed by atoms with E-state index in [9.17, 15) is 9.18 Å². The van der Waals surface area contributed by atoms with Gasteiger partial charge in [0.05, 0.1) is 12.3 Å². The van der Waals surface area contributed by atoms with Crippen LogP contribution in [0.3, 0.4) is 0 Å². The molecule has 0 amide bonds. The fourth-order valence-corrected chi connectivity index (χ4v) is 1.90. The van der Waals surface area contributed by atoms with Gasteiger partial charge < -0.3 is 10.1 Å². The lowest BCUT2D eigenvalue weighted by molar-refractivity contribution is -0.140. The van der Waals surface area contributed by atoms with Crippen molar-refractivity contribution in [1.82, 2.24) is 0 Å². The van der Waals surface area contributed by atoms with E-state index in [1.165, 1.54) is 13.0 Å². The van der Waals surface area contributed by atoms with Gasteiger partial charge in [0.25, 0.3) is 0 Å². The minimum Gasteiger partial charge on any atom is -0.466 e. The van der Waals surface area contributed by atoms with Crippen LogP contribution in [-0.2, 0) is 9.53 Å². The van der Waals surface area contributed by atoms with Crippen LogP contribution in [0, 0.1) is 5.82 Å². The number of carbonyl (C=O) groups is 1. The Labute approximate surface area is 99.3 Å². The maximum absolute atomic E-state index is 13.5. The maximum atomic E-state index is 13.5. The Hall–Kier alpha value is -1.84. The van der Waals surface area contributed by atoms with Gasteiger partial charge >= 0.3 is 5.97 Å². The number of halogens is 1. The molecule has 1 heterocycles. The van der Waals surface area contributed by atoms with Crippen molar-refractivity contribution in [2.75, 3.05) is 18.5 Å². The van der Waals surface area contributed by atoms with Crippen LogP contribution in [0.2, 0.25) is 0 Å². The molecule has 0 aliphatic carbocycles. The molecule has 3 nitrogen and oxygen atoms in total. The van der Waals surface area contributed by atoms with E-state index in [1.54, 1.807) is 6.07 Å². The summed E-state index contributed by atoms with van der Waals surface area (Å²) >= 11 is 0. The van der Waals surface area contributed by atoms with Gasteiger partial charge in [-0.1, -0.05) is 18.2 Å². The number of anilines is 1. The highest BCUT2D eigenvalue weighted by molar-refractivity contribution is 5.79. The molecule has 0 unspecified atom stereocenters. The van der Waals surface area contributed by atoms with Gasteiger partial charge in [-0.05, 0) is 11.6 Å². The van der Waals surface area contributed by atoms with Crippen LogP contribution in [0.25, 0.3) is 5.57 Å². The summed E-state index contributed by atoms with van der Waals surface area (Å²) in [5, 5.41) is 3.00. The molecule has 0 fully saturated rings. The lowest BCUT2D eigenvalue weighted by Gasteiger charge is -2.19. The fourth-order valence-electron chi connectivity index (χ4n) is 1.90. The molecule has 2 rings (SSSR count). The van der Waals surface area contributed by atoms with Gasteiger partial charge in [0, 0.05) is 25.5 Å². The first-order valence-corrected chi connectivity index (χ1v) is 5.53. The largest absolute Gasteiger partial charge is 0.466 e. The van der Waals surface area contributed by atoms with Crippen molar-refractivity contribution >= 4 is 17.2 Å². The maximum Gasteiger partial charge on any atom is 0.302 e. The minimum atomic E-state index is -0.293. The van der Waals surface area contributed by atoms with E-state index < -0.39 is 0 Å². The Morgan fingerprint density at radius 1 is 1.53 bits per heavy atom. The number of rotatable bonds is 3. The Kier molecular flexibility index (Phi) is 3.42. The molecule has 1 aromatic carbocycles. The van der Waals surface area contributed by atoms with Gasteiger partial charge in [0.2, 0.25) is 0 Å². The first kappa shape index (κ1) is 11.6. The molecule has 0 saturated heterocycles. The molecular formula is C13H14FNO2. The van der Waals surface area contributed by atoms with Crippen molar-refractivity contribution in [2.24, 2.45) is 0 Å². The van der Waals surface area contributed by atoms with Crippen molar-refractivity contribution in [3.05, 3.63) is 35.7 Å². The quantitative estimate of drug-likeness (QED) is 0.818. The van der Waals surface area contributed by atoms with Crippen LogP contribution in [0.4, 0.5) is 10.1 Å². The van der Waals surface area contributed by atoms with Crippen LogP contribution in [0.5, 0.6) is 0 Å². The summed E-state index contributed by atoms with van der Waals surface area (Å²) in [5.41, 5.74) is 2.40. The summed E-state index contributed by atoms with van der Waals surface area (Å²) in [4.78, 5) is 10.7. The van der Waals surface area contributed by atoms with Gasteiger partial charge in [-0.25, -0.2) is 4.39 Å². The minimum absolute atomic E-state index is 0.249. The molecule has 1 aliphatic heterocycles. The monoisotopic (exact) mass is 235 g/mol. The zero-order valence-electron chi connectivity index (χ0n) is 9.63. The van der Waals surface area contributed by atoms with Crippen LogP contribution >= 0.6 is 0 Å². The van der Waals surface area contributed by atoms with E-state index in [1.807, 2.05) is 12.1 Å². The molecule has 17 heavy (non-hydrogen) atoms. The number of benzene rings is 1. The van der Waals surface area contributed by atoms with E-state index in [-0.39, 0.29) is 11.8 Å². The zero-order chi connectivity index (χ0) is 12.3. The number of para-hydroxylation sites is 1. The van der Waals surface area contributed by atoms with E-state index in [0.717, 1.165) is 11.1 Å². The average Bonchev–Trinajstić information content (AvgIpc) is 2.30. The summed E-state index contributed by atoms with van der Waals surface area (Å²) in [6.07, 6.45) is 2.60. The van der Waals surface area contributed by atoms with Crippen molar-refractivity contribution in [1.29, 1.82) is 0 Å². The second kappa shape index (κ2) is 4.99. The Balaban J connectivity index is 2.12. The highest BCUT2D eigenvalue weighted by Gasteiger charge is 2.15.